The molecule has 8 heteroatoms. The first-order chi connectivity index (χ1) is 8.65. The van der Waals surface area contributed by atoms with E-state index in [0.717, 1.165) is 0 Å². The smallest absolute Gasteiger partial charge is 0.390 e. The molecule has 0 aromatic rings. The first kappa shape index (κ1) is 16.1. The largest absolute Gasteiger partial charge is 0.391 e. The van der Waals surface area contributed by atoms with Crippen LogP contribution in [0.2, 0.25) is 0 Å². The van der Waals surface area contributed by atoms with Crippen LogP contribution in [0, 0.1) is 11.8 Å². The SMILES string of the molecule is O=C(NCC(F)(F)CO)C1CCCC(C(F)(F)F)C1. The minimum Gasteiger partial charge on any atom is -0.390 e. The maximum absolute atomic E-state index is 12.7. The van der Waals surface area contributed by atoms with E-state index in [1.165, 1.54) is 0 Å². The maximum Gasteiger partial charge on any atom is 0.391 e. The average molecular weight is 289 g/mol. The molecule has 0 aromatic heterocycles. The Hall–Kier alpha value is -0.920. The summed E-state index contributed by atoms with van der Waals surface area (Å²) < 4.78 is 63.0. The lowest BCUT2D eigenvalue weighted by Gasteiger charge is -2.30. The second-order valence-corrected chi connectivity index (χ2v) is 4.83. The molecule has 1 saturated carbocycles. The monoisotopic (exact) mass is 289 g/mol. The molecule has 2 unspecified atom stereocenters. The second kappa shape index (κ2) is 6.02. The van der Waals surface area contributed by atoms with E-state index in [4.69, 9.17) is 5.11 Å². The number of hydrogen-bond acceptors (Lipinski definition) is 2. The highest BCUT2D eigenvalue weighted by molar-refractivity contribution is 5.78. The number of nitrogens with one attached hydrogen (secondary N) is 1. The zero-order chi connectivity index (χ0) is 14.7. The van der Waals surface area contributed by atoms with Gasteiger partial charge in [0.15, 0.2) is 0 Å². The second-order valence-electron chi connectivity index (χ2n) is 4.83. The molecule has 1 rings (SSSR count). The molecule has 0 aromatic carbocycles. The van der Waals surface area contributed by atoms with Crippen molar-refractivity contribution in [1.82, 2.24) is 5.32 Å². The van der Waals surface area contributed by atoms with Crippen LogP contribution in [0.5, 0.6) is 0 Å². The number of rotatable bonds is 4. The molecule has 0 heterocycles. The third kappa shape index (κ3) is 4.93. The summed E-state index contributed by atoms with van der Waals surface area (Å²) in [5.74, 6) is -6.69. The van der Waals surface area contributed by atoms with Gasteiger partial charge in [0.05, 0.1) is 12.5 Å². The van der Waals surface area contributed by atoms with Gasteiger partial charge in [-0.3, -0.25) is 4.79 Å². The van der Waals surface area contributed by atoms with Crippen LogP contribution in [0.4, 0.5) is 22.0 Å². The molecule has 1 fully saturated rings. The average Bonchev–Trinajstić information content (AvgIpc) is 2.35. The van der Waals surface area contributed by atoms with Gasteiger partial charge < -0.3 is 10.4 Å². The minimum absolute atomic E-state index is 0.0277. The highest BCUT2D eigenvalue weighted by Crippen LogP contribution is 2.39. The third-order valence-corrected chi connectivity index (χ3v) is 3.26. The summed E-state index contributed by atoms with van der Waals surface area (Å²) in [5.41, 5.74) is 0. The fourth-order valence-corrected chi connectivity index (χ4v) is 2.14. The Morgan fingerprint density at radius 1 is 1.21 bits per heavy atom. The van der Waals surface area contributed by atoms with Gasteiger partial charge in [0.2, 0.25) is 5.91 Å². The molecule has 0 radical (unpaired) electrons. The van der Waals surface area contributed by atoms with Crippen molar-refractivity contribution >= 4 is 5.91 Å². The number of hydrogen-bond donors (Lipinski definition) is 2. The highest BCUT2D eigenvalue weighted by atomic mass is 19.4. The van der Waals surface area contributed by atoms with Crippen LogP contribution in [-0.4, -0.2) is 36.3 Å². The number of aliphatic hydroxyl groups is 1. The summed E-state index contributed by atoms with van der Waals surface area (Å²) in [4.78, 5) is 11.5. The standard InChI is InChI=1S/C11H16F5NO2/c12-10(13,6-18)5-17-9(19)7-2-1-3-8(4-7)11(14,15)16/h7-8,18H,1-6H2,(H,17,19). The molecular formula is C11H16F5NO2. The van der Waals surface area contributed by atoms with Gasteiger partial charge in [-0.2, -0.15) is 13.2 Å². The molecule has 1 amide bonds. The van der Waals surface area contributed by atoms with Gasteiger partial charge in [-0.05, 0) is 19.3 Å². The third-order valence-electron chi connectivity index (χ3n) is 3.26. The number of carbonyl (C=O) groups excluding carboxylic acids is 1. The Morgan fingerprint density at radius 2 is 1.84 bits per heavy atom. The molecule has 0 aliphatic heterocycles. The van der Waals surface area contributed by atoms with E-state index in [2.05, 4.69) is 0 Å². The fourth-order valence-electron chi connectivity index (χ4n) is 2.14. The molecular weight excluding hydrogens is 273 g/mol. The quantitative estimate of drug-likeness (QED) is 0.779. The maximum atomic E-state index is 12.7. The van der Waals surface area contributed by atoms with Crippen molar-refractivity contribution in [2.45, 2.75) is 37.8 Å². The van der Waals surface area contributed by atoms with Gasteiger partial charge in [0.1, 0.15) is 6.61 Å². The van der Waals surface area contributed by atoms with Crippen molar-refractivity contribution in [3.8, 4) is 0 Å². The van der Waals surface area contributed by atoms with Gasteiger partial charge in [0.25, 0.3) is 5.92 Å². The Bertz CT molecular complexity index is 319. The van der Waals surface area contributed by atoms with Gasteiger partial charge in [-0.1, -0.05) is 6.42 Å². The van der Waals surface area contributed by atoms with Gasteiger partial charge in [-0.15, -0.1) is 0 Å². The Kier molecular flexibility index (Phi) is 5.11. The van der Waals surface area contributed by atoms with Crippen molar-refractivity contribution in [3.63, 3.8) is 0 Å². The van der Waals surface area contributed by atoms with Crippen LogP contribution < -0.4 is 5.32 Å². The van der Waals surface area contributed by atoms with Crippen molar-refractivity contribution in [3.05, 3.63) is 0 Å². The Balaban J connectivity index is 2.49. The predicted octanol–water partition coefficient (Wildman–Crippen LogP) is 2.10. The van der Waals surface area contributed by atoms with Crippen LogP contribution in [0.1, 0.15) is 25.7 Å². The summed E-state index contributed by atoms with van der Waals surface area (Å²) in [6.07, 6.45) is -4.23. The number of carbonyl (C=O) groups is 1. The number of amides is 1. The molecule has 0 spiro atoms. The van der Waals surface area contributed by atoms with Crippen LogP contribution >= 0.6 is 0 Å². The molecule has 0 saturated heterocycles. The van der Waals surface area contributed by atoms with E-state index >= 15 is 0 Å². The zero-order valence-electron chi connectivity index (χ0n) is 10.1. The summed E-state index contributed by atoms with van der Waals surface area (Å²) >= 11 is 0. The number of aliphatic hydroxyl groups excluding tert-OH is 1. The highest BCUT2D eigenvalue weighted by Gasteiger charge is 2.43. The minimum atomic E-state index is -4.35. The van der Waals surface area contributed by atoms with E-state index in [-0.39, 0.29) is 25.7 Å². The summed E-state index contributed by atoms with van der Waals surface area (Å²) in [6, 6.07) is 0. The normalized spacial score (nSPS) is 25.2. The molecule has 1 aliphatic carbocycles. The predicted molar refractivity (Wildman–Crippen MR) is 56.5 cm³/mol. The van der Waals surface area contributed by atoms with Gasteiger partial charge in [0, 0.05) is 5.92 Å². The number of alkyl halides is 5. The molecule has 19 heavy (non-hydrogen) atoms. The van der Waals surface area contributed by atoms with E-state index in [1.54, 1.807) is 0 Å². The molecule has 2 atom stereocenters. The van der Waals surface area contributed by atoms with Crippen molar-refractivity contribution in [2.24, 2.45) is 11.8 Å². The Morgan fingerprint density at radius 3 is 2.37 bits per heavy atom. The van der Waals surface area contributed by atoms with Crippen LogP contribution in [-0.2, 0) is 4.79 Å². The summed E-state index contributed by atoms with van der Waals surface area (Å²) in [6.45, 7) is -2.47. The van der Waals surface area contributed by atoms with Crippen molar-refractivity contribution < 1.29 is 31.9 Å². The number of halogens is 5. The van der Waals surface area contributed by atoms with Crippen LogP contribution in [0.25, 0.3) is 0 Å². The fraction of sp³-hybridized carbons (Fsp3) is 0.909. The van der Waals surface area contributed by atoms with E-state index in [1.807, 2.05) is 5.32 Å². The molecule has 2 N–H and O–H groups in total. The molecule has 112 valence electrons. The van der Waals surface area contributed by atoms with E-state index in [9.17, 15) is 26.7 Å². The van der Waals surface area contributed by atoms with Gasteiger partial charge >= 0.3 is 6.18 Å². The lowest BCUT2D eigenvalue weighted by Crippen LogP contribution is -2.43. The molecule has 3 nitrogen and oxygen atoms in total. The van der Waals surface area contributed by atoms with Crippen molar-refractivity contribution in [1.29, 1.82) is 0 Å². The molecule has 1 aliphatic rings. The van der Waals surface area contributed by atoms with Crippen LogP contribution in [0.15, 0.2) is 0 Å². The zero-order valence-corrected chi connectivity index (χ0v) is 10.1. The first-order valence-electron chi connectivity index (χ1n) is 5.99. The Labute approximate surface area is 107 Å². The van der Waals surface area contributed by atoms with E-state index < -0.39 is 43.0 Å². The first-order valence-corrected chi connectivity index (χ1v) is 5.99. The summed E-state index contributed by atoms with van der Waals surface area (Å²) in [5, 5.41) is 10.2. The van der Waals surface area contributed by atoms with E-state index in [0.29, 0.717) is 0 Å². The topological polar surface area (TPSA) is 49.3 Å². The lowest BCUT2D eigenvalue weighted by atomic mass is 9.80. The summed E-state index contributed by atoms with van der Waals surface area (Å²) in [7, 11) is 0. The molecule has 0 bridgehead atoms. The van der Waals surface area contributed by atoms with Crippen LogP contribution in [0.3, 0.4) is 0 Å². The van der Waals surface area contributed by atoms with Gasteiger partial charge in [-0.25, -0.2) is 8.78 Å². The van der Waals surface area contributed by atoms with Crippen molar-refractivity contribution in [2.75, 3.05) is 13.2 Å². The lowest BCUT2D eigenvalue weighted by molar-refractivity contribution is -0.186.